The molecule has 0 unspecified atom stereocenters. The highest BCUT2D eigenvalue weighted by Gasteiger charge is 2.14. The molecule has 1 amide bonds. The number of hydrogen-bond donors (Lipinski definition) is 3. The second-order valence-electron chi connectivity index (χ2n) is 5.84. The summed E-state index contributed by atoms with van der Waals surface area (Å²) in [6.07, 6.45) is 1.64. The van der Waals surface area contributed by atoms with E-state index in [4.69, 9.17) is 0 Å². The molecule has 26 heavy (non-hydrogen) atoms. The predicted octanol–water partition coefficient (Wildman–Crippen LogP) is 3.77. The molecule has 5 nitrogen and oxygen atoms in total. The Morgan fingerprint density at radius 1 is 1.08 bits per heavy atom. The third-order valence-corrected chi connectivity index (χ3v) is 4.15. The number of carbonyl (C=O) groups excluding carboxylic acids is 1. The van der Waals surface area contributed by atoms with E-state index in [0.29, 0.717) is 5.56 Å². The minimum Gasteiger partial charge on any atom is -0.353 e. The number of fused-ring (bicyclic) bond motifs is 1. The molecular weight excluding hydrogens is 338 g/mol. The number of halogens is 2. The van der Waals surface area contributed by atoms with E-state index in [1.54, 1.807) is 18.3 Å². The fraction of sp³-hybridized carbons (Fsp3) is 0.0526. The largest absolute Gasteiger partial charge is 0.353 e. The summed E-state index contributed by atoms with van der Waals surface area (Å²) in [6, 6.07) is 12.1. The summed E-state index contributed by atoms with van der Waals surface area (Å²) in [5.41, 5.74) is 2.93. The van der Waals surface area contributed by atoms with Gasteiger partial charge in [-0.2, -0.15) is 5.10 Å². The molecule has 0 aliphatic heterocycles. The van der Waals surface area contributed by atoms with Crippen molar-refractivity contribution in [2.45, 2.75) is 6.54 Å². The van der Waals surface area contributed by atoms with Crippen LogP contribution in [0.3, 0.4) is 0 Å². The molecule has 3 N–H and O–H groups in total. The van der Waals surface area contributed by atoms with Gasteiger partial charge in [0.1, 0.15) is 11.6 Å². The highest BCUT2D eigenvalue weighted by atomic mass is 19.1. The topological polar surface area (TPSA) is 73.6 Å². The van der Waals surface area contributed by atoms with Crippen LogP contribution in [-0.4, -0.2) is 21.1 Å². The van der Waals surface area contributed by atoms with Crippen LogP contribution in [-0.2, 0) is 6.54 Å². The lowest BCUT2D eigenvalue weighted by atomic mass is 10.1. The predicted molar refractivity (Wildman–Crippen MR) is 93.4 cm³/mol. The lowest BCUT2D eigenvalue weighted by Crippen LogP contribution is -2.23. The van der Waals surface area contributed by atoms with E-state index in [-0.39, 0.29) is 18.0 Å². The monoisotopic (exact) mass is 352 g/mol. The number of nitrogens with one attached hydrogen (secondary N) is 3. The standard InChI is InChI=1S/C19H14F2N4O/c20-12-4-5-15(21)11(8-12)10-22-19(26)13-2-1-3-16-14(13)9-18(24-16)17-6-7-23-25-17/h1-9,24H,10H2,(H,22,26)(H,23,25). The molecule has 0 aliphatic carbocycles. The van der Waals surface area contributed by atoms with E-state index in [1.807, 2.05) is 18.2 Å². The molecule has 0 radical (unpaired) electrons. The van der Waals surface area contributed by atoms with Crippen LogP contribution in [0, 0.1) is 11.6 Å². The number of H-pyrrole nitrogens is 2. The van der Waals surface area contributed by atoms with E-state index in [1.165, 1.54) is 0 Å². The Balaban J connectivity index is 1.61. The van der Waals surface area contributed by atoms with Crippen molar-refractivity contribution in [3.05, 3.63) is 77.5 Å². The Kier molecular flexibility index (Phi) is 3.96. The Morgan fingerprint density at radius 3 is 2.77 bits per heavy atom. The molecule has 0 saturated carbocycles. The van der Waals surface area contributed by atoms with E-state index >= 15 is 0 Å². The molecular formula is C19H14F2N4O. The molecule has 0 fully saturated rings. The number of aromatic amines is 2. The van der Waals surface area contributed by atoms with Gasteiger partial charge in [-0.15, -0.1) is 0 Å². The van der Waals surface area contributed by atoms with E-state index in [9.17, 15) is 13.6 Å². The zero-order valence-electron chi connectivity index (χ0n) is 13.5. The fourth-order valence-corrected chi connectivity index (χ4v) is 2.85. The Hall–Kier alpha value is -3.48. The molecule has 2 aromatic carbocycles. The highest BCUT2D eigenvalue weighted by molar-refractivity contribution is 6.07. The minimum absolute atomic E-state index is 0.0951. The van der Waals surface area contributed by atoms with Gasteiger partial charge in [-0.3, -0.25) is 9.89 Å². The average molecular weight is 352 g/mol. The molecule has 2 aromatic heterocycles. The zero-order valence-corrected chi connectivity index (χ0v) is 13.5. The van der Waals surface area contributed by atoms with Crippen LogP contribution in [0.4, 0.5) is 8.78 Å². The summed E-state index contributed by atoms with van der Waals surface area (Å²) in [7, 11) is 0. The molecule has 0 bridgehead atoms. The SMILES string of the molecule is O=C(NCc1cc(F)ccc1F)c1cccc2[nH]c(-c3ccn[nH]3)cc12. The maximum Gasteiger partial charge on any atom is 0.252 e. The number of aromatic nitrogens is 3. The summed E-state index contributed by atoms with van der Waals surface area (Å²) in [5.74, 6) is -1.48. The molecule has 7 heteroatoms. The fourth-order valence-electron chi connectivity index (χ4n) is 2.85. The first-order valence-corrected chi connectivity index (χ1v) is 7.95. The van der Waals surface area contributed by atoms with Crippen LogP contribution >= 0.6 is 0 Å². The first-order chi connectivity index (χ1) is 12.6. The molecule has 4 rings (SSSR count). The lowest BCUT2D eigenvalue weighted by Gasteiger charge is -2.07. The van der Waals surface area contributed by atoms with Gasteiger partial charge in [-0.1, -0.05) is 6.07 Å². The van der Waals surface area contributed by atoms with Gasteiger partial charge in [0.05, 0.1) is 11.4 Å². The highest BCUT2D eigenvalue weighted by Crippen LogP contribution is 2.25. The average Bonchev–Trinajstić information content (AvgIpc) is 3.30. The Labute approximate surface area is 147 Å². The van der Waals surface area contributed by atoms with Gasteiger partial charge in [-0.25, -0.2) is 8.78 Å². The third-order valence-electron chi connectivity index (χ3n) is 4.15. The number of benzene rings is 2. The van der Waals surface area contributed by atoms with Crippen LogP contribution < -0.4 is 5.32 Å². The van der Waals surface area contributed by atoms with Crippen molar-refractivity contribution in [1.29, 1.82) is 0 Å². The van der Waals surface area contributed by atoms with Crippen molar-refractivity contribution in [3.8, 4) is 11.4 Å². The maximum atomic E-state index is 13.7. The third kappa shape index (κ3) is 2.95. The van der Waals surface area contributed by atoms with E-state index < -0.39 is 11.6 Å². The van der Waals surface area contributed by atoms with Crippen LogP contribution in [0.1, 0.15) is 15.9 Å². The van der Waals surface area contributed by atoms with Crippen molar-refractivity contribution in [2.75, 3.05) is 0 Å². The summed E-state index contributed by atoms with van der Waals surface area (Å²) in [5, 5.41) is 10.1. The van der Waals surface area contributed by atoms with Gasteiger partial charge < -0.3 is 10.3 Å². The smallest absolute Gasteiger partial charge is 0.252 e. The number of hydrogen-bond acceptors (Lipinski definition) is 2. The molecule has 4 aromatic rings. The second-order valence-corrected chi connectivity index (χ2v) is 5.84. The van der Waals surface area contributed by atoms with Gasteiger partial charge in [0.15, 0.2) is 0 Å². The van der Waals surface area contributed by atoms with Gasteiger partial charge in [0.2, 0.25) is 0 Å². The maximum absolute atomic E-state index is 13.7. The van der Waals surface area contributed by atoms with Crippen LogP contribution in [0.2, 0.25) is 0 Å². The number of rotatable bonds is 4. The normalized spacial score (nSPS) is 11.0. The molecule has 0 atom stereocenters. The van der Waals surface area contributed by atoms with Crippen molar-refractivity contribution in [3.63, 3.8) is 0 Å². The number of carbonyl (C=O) groups is 1. The Morgan fingerprint density at radius 2 is 1.96 bits per heavy atom. The first kappa shape index (κ1) is 16.0. The summed E-state index contributed by atoms with van der Waals surface area (Å²) < 4.78 is 27.0. The second kappa shape index (κ2) is 6.44. The van der Waals surface area contributed by atoms with Crippen LogP contribution in [0.15, 0.2) is 54.7 Å². The van der Waals surface area contributed by atoms with Gasteiger partial charge in [-0.05, 0) is 42.5 Å². The van der Waals surface area contributed by atoms with Crippen LogP contribution in [0.25, 0.3) is 22.3 Å². The van der Waals surface area contributed by atoms with Gasteiger partial charge in [0, 0.05) is 34.8 Å². The van der Waals surface area contributed by atoms with Gasteiger partial charge >= 0.3 is 0 Å². The molecule has 2 heterocycles. The van der Waals surface area contributed by atoms with Gasteiger partial charge in [0.25, 0.3) is 5.91 Å². The molecule has 0 saturated heterocycles. The summed E-state index contributed by atoms with van der Waals surface area (Å²) in [4.78, 5) is 15.8. The summed E-state index contributed by atoms with van der Waals surface area (Å²) >= 11 is 0. The Bertz CT molecular complexity index is 1090. The lowest BCUT2D eigenvalue weighted by molar-refractivity contribution is 0.0952. The quantitative estimate of drug-likeness (QED) is 0.523. The summed E-state index contributed by atoms with van der Waals surface area (Å²) in [6.45, 7) is -0.101. The minimum atomic E-state index is -0.562. The molecule has 0 aliphatic rings. The van der Waals surface area contributed by atoms with E-state index in [2.05, 4.69) is 20.5 Å². The van der Waals surface area contributed by atoms with Crippen molar-refractivity contribution >= 4 is 16.8 Å². The number of nitrogens with zero attached hydrogens (tertiary/aromatic N) is 1. The zero-order chi connectivity index (χ0) is 18.1. The van der Waals surface area contributed by atoms with Crippen molar-refractivity contribution < 1.29 is 13.6 Å². The van der Waals surface area contributed by atoms with Crippen LogP contribution in [0.5, 0.6) is 0 Å². The van der Waals surface area contributed by atoms with E-state index in [0.717, 1.165) is 40.5 Å². The van der Waals surface area contributed by atoms with Crippen molar-refractivity contribution in [2.24, 2.45) is 0 Å². The number of amides is 1. The first-order valence-electron chi connectivity index (χ1n) is 7.95. The van der Waals surface area contributed by atoms with Crippen molar-refractivity contribution in [1.82, 2.24) is 20.5 Å². The molecule has 0 spiro atoms. The molecule has 130 valence electrons.